The van der Waals surface area contributed by atoms with Gasteiger partial charge in [-0.15, -0.1) is 11.3 Å². The molecular weight excluding hydrogens is 276 g/mol. The van der Waals surface area contributed by atoms with Gasteiger partial charge in [-0.05, 0) is 43.9 Å². The number of aromatic amines is 1. The van der Waals surface area contributed by atoms with Crippen LogP contribution in [0.5, 0.6) is 0 Å². The highest BCUT2D eigenvalue weighted by Crippen LogP contribution is 2.31. The molecule has 2 aromatic heterocycles. The topological polar surface area (TPSA) is 28.7 Å². The maximum atomic E-state index is 5.95. The lowest BCUT2D eigenvalue weighted by molar-refractivity contribution is 0.436. The molecule has 0 spiro atoms. The summed E-state index contributed by atoms with van der Waals surface area (Å²) < 4.78 is 0.877. The minimum absolute atomic E-state index is 0.690. The van der Waals surface area contributed by atoms with E-state index in [1.54, 1.807) is 11.3 Å². The van der Waals surface area contributed by atoms with Gasteiger partial charge in [0.15, 0.2) is 0 Å². The highest BCUT2D eigenvalue weighted by atomic mass is 35.5. The van der Waals surface area contributed by atoms with Crippen LogP contribution >= 0.6 is 22.9 Å². The van der Waals surface area contributed by atoms with E-state index in [0.717, 1.165) is 17.2 Å². The number of thiophene rings is 1. The van der Waals surface area contributed by atoms with Crippen molar-refractivity contribution in [2.45, 2.75) is 50.9 Å². The van der Waals surface area contributed by atoms with Crippen LogP contribution in [0, 0.1) is 0 Å². The summed E-state index contributed by atoms with van der Waals surface area (Å²) in [5.74, 6) is 0.690. The fourth-order valence-electron chi connectivity index (χ4n) is 2.86. The molecule has 102 valence electrons. The van der Waals surface area contributed by atoms with Crippen LogP contribution in [-0.4, -0.2) is 10.2 Å². The lowest BCUT2D eigenvalue weighted by Crippen LogP contribution is -2.04. The molecule has 19 heavy (non-hydrogen) atoms. The van der Waals surface area contributed by atoms with Crippen molar-refractivity contribution in [2.75, 3.05) is 0 Å². The van der Waals surface area contributed by atoms with Crippen LogP contribution < -0.4 is 0 Å². The van der Waals surface area contributed by atoms with E-state index in [0.29, 0.717) is 5.92 Å². The highest BCUT2D eigenvalue weighted by Gasteiger charge is 2.18. The van der Waals surface area contributed by atoms with Crippen LogP contribution in [0.3, 0.4) is 0 Å². The van der Waals surface area contributed by atoms with Crippen LogP contribution in [0.15, 0.2) is 18.2 Å². The Morgan fingerprint density at radius 2 is 2.05 bits per heavy atom. The van der Waals surface area contributed by atoms with Gasteiger partial charge in [-0.2, -0.15) is 5.10 Å². The molecule has 4 heteroatoms. The summed E-state index contributed by atoms with van der Waals surface area (Å²) in [6.45, 7) is 0. The zero-order valence-corrected chi connectivity index (χ0v) is 12.6. The van der Waals surface area contributed by atoms with Crippen molar-refractivity contribution < 1.29 is 0 Å². The summed E-state index contributed by atoms with van der Waals surface area (Å²) in [6, 6.07) is 6.36. The number of aryl methyl sites for hydroxylation is 2. The number of halogens is 1. The van der Waals surface area contributed by atoms with Gasteiger partial charge in [0.05, 0.1) is 10.0 Å². The molecular formula is C15H19ClN2S. The summed E-state index contributed by atoms with van der Waals surface area (Å²) in [6.07, 6.45) is 8.81. The highest BCUT2D eigenvalue weighted by molar-refractivity contribution is 7.16. The number of hydrogen-bond donors (Lipinski definition) is 1. The standard InChI is InChI=1S/C15H19ClN2S/c16-15-9-8-13(19-15)7-6-12-10-14(18-17-12)11-4-2-1-3-5-11/h8-11H,1-7H2,(H,17,18). The fraction of sp³-hybridized carbons (Fsp3) is 0.533. The van der Waals surface area contributed by atoms with Crippen molar-refractivity contribution in [2.24, 2.45) is 0 Å². The zero-order chi connectivity index (χ0) is 13.1. The number of nitrogens with one attached hydrogen (secondary N) is 1. The summed E-state index contributed by atoms with van der Waals surface area (Å²) in [5, 5.41) is 7.71. The second kappa shape index (κ2) is 6.10. The Labute approximate surface area is 123 Å². The molecule has 0 aromatic carbocycles. The Hall–Kier alpha value is -0.800. The van der Waals surface area contributed by atoms with E-state index in [1.165, 1.54) is 48.4 Å². The molecule has 2 nitrogen and oxygen atoms in total. The summed E-state index contributed by atoms with van der Waals surface area (Å²) in [7, 11) is 0. The fourth-order valence-corrected chi connectivity index (χ4v) is 3.95. The van der Waals surface area contributed by atoms with Gasteiger partial charge in [0.1, 0.15) is 0 Å². The molecule has 0 unspecified atom stereocenters. The number of hydrogen-bond acceptors (Lipinski definition) is 2. The number of nitrogens with zero attached hydrogens (tertiary/aromatic N) is 1. The Bertz CT molecular complexity index is 526. The van der Waals surface area contributed by atoms with Gasteiger partial charge in [-0.1, -0.05) is 30.9 Å². The monoisotopic (exact) mass is 294 g/mol. The molecule has 1 aliphatic rings. The molecule has 1 N–H and O–H groups in total. The van der Waals surface area contributed by atoms with Crippen molar-refractivity contribution in [3.05, 3.63) is 38.8 Å². The first-order valence-corrected chi connectivity index (χ1v) is 8.29. The maximum absolute atomic E-state index is 5.95. The predicted molar refractivity (Wildman–Crippen MR) is 81.2 cm³/mol. The van der Waals surface area contributed by atoms with E-state index in [4.69, 9.17) is 11.6 Å². The molecule has 1 fully saturated rings. The van der Waals surface area contributed by atoms with Crippen molar-refractivity contribution in [1.29, 1.82) is 0 Å². The molecule has 0 amide bonds. The van der Waals surface area contributed by atoms with E-state index < -0.39 is 0 Å². The SMILES string of the molecule is Clc1ccc(CCc2cc(C3CCCCC3)n[nH]2)s1. The first kappa shape index (κ1) is 13.2. The van der Waals surface area contributed by atoms with Crippen LogP contribution in [-0.2, 0) is 12.8 Å². The molecule has 0 saturated heterocycles. The first-order valence-electron chi connectivity index (χ1n) is 7.09. The molecule has 2 heterocycles. The summed E-state index contributed by atoms with van der Waals surface area (Å²) in [5.41, 5.74) is 2.53. The third kappa shape index (κ3) is 3.40. The number of aromatic nitrogens is 2. The quantitative estimate of drug-likeness (QED) is 0.848. The van der Waals surface area contributed by atoms with Crippen molar-refractivity contribution in [3.8, 4) is 0 Å². The second-order valence-electron chi connectivity index (χ2n) is 5.36. The smallest absolute Gasteiger partial charge is 0.0931 e. The van der Waals surface area contributed by atoms with Crippen molar-refractivity contribution >= 4 is 22.9 Å². The Morgan fingerprint density at radius 3 is 2.79 bits per heavy atom. The average Bonchev–Trinajstić information content (AvgIpc) is 3.06. The Kier molecular flexibility index (Phi) is 4.24. The molecule has 1 aliphatic carbocycles. The number of rotatable bonds is 4. The molecule has 0 aliphatic heterocycles. The lowest BCUT2D eigenvalue weighted by atomic mass is 9.87. The average molecular weight is 295 g/mol. The lowest BCUT2D eigenvalue weighted by Gasteiger charge is -2.19. The first-order chi connectivity index (χ1) is 9.31. The third-order valence-corrected chi connectivity index (χ3v) is 5.23. The van der Waals surface area contributed by atoms with Crippen LogP contribution in [0.1, 0.15) is 54.3 Å². The third-order valence-electron chi connectivity index (χ3n) is 3.94. The molecule has 0 bridgehead atoms. The van der Waals surface area contributed by atoms with Gasteiger partial charge in [0, 0.05) is 16.5 Å². The van der Waals surface area contributed by atoms with Gasteiger partial charge < -0.3 is 0 Å². The number of H-pyrrole nitrogens is 1. The predicted octanol–water partition coefficient (Wildman–Crippen LogP) is 4.96. The van der Waals surface area contributed by atoms with Crippen LogP contribution in [0.2, 0.25) is 4.34 Å². The summed E-state index contributed by atoms with van der Waals surface area (Å²) in [4.78, 5) is 1.35. The largest absolute Gasteiger partial charge is 0.282 e. The van der Waals surface area contributed by atoms with Crippen LogP contribution in [0.4, 0.5) is 0 Å². The summed E-state index contributed by atoms with van der Waals surface area (Å²) >= 11 is 7.62. The maximum Gasteiger partial charge on any atom is 0.0931 e. The van der Waals surface area contributed by atoms with E-state index in [9.17, 15) is 0 Å². The van der Waals surface area contributed by atoms with Gasteiger partial charge in [0.2, 0.25) is 0 Å². The van der Waals surface area contributed by atoms with E-state index in [2.05, 4.69) is 22.3 Å². The molecule has 3 rings (SSSR count). The van der Waals surface area contributed by atoms with E-state index in [1.807, 2.05) is 6.07 Å². The van der Waals surface area contributed by atoms with Gasteiger partial charge >= 0.3 is 0 Å². The molecule has 1 saturated carbocycles. The zero-order valence-electron chi connectivity index (χ0n) is 11.0. The Morgan fingerprint density at radius 1 is 1.21 bits per heavy atom. The molecule has 0 atom stereocenters. The minimum atomic E-state index is 0.690. The van der Waals surface area contributed by atoms with Crippen molar-refractivity contribution in [3.63, 3.8) is 0 Å². The van der Waals surface area contributed by atoms with Gasteiger partial charge in [-0.25, -0.2) is 0 Å². The van der Waals surface area contributed by atoms with Gasteiger partial charge in [-0.3, -0.25) is 5.10 Å². The van der Waals surface area contributed by atoms with E-state index >= 15 is 0 Å². The van der Waals surface area contributed by atoms with Crippen molar-refractivity contribution in [1.82, 2.24) is 10.2 Å². The van der Waals surface area contributed by atoms with Gasteiger partial charge in [0.25, 0.3) is 0 Å². The normalized spacial score (nSPS) is 16.9. The Balaban J connectivity index is 1.58. The molecule has 2 aromatic rings. The minimum Gasteiger partial charge on any atom is -0.282 e. The second-order valence-corrected chi connectivity index (χ2v) is 7.16. The molecule has 0 radical (unpaired) electrons. The van der Waals surface area contributed by atoms with Crippen LogP contribution in [0.25, 0.3) is 0 Å². The van der Waals surface area contributed by atoms with E-state index in [-0.39, 0.29) is 0 Å².